The van der Waals surface area contributed by atoms with Gasteiger partial charge in [0.15, 0.2) is 0 Å². The average Bonchev–Trinajstić information content (AvgIpc) is 3.14. The van der Waals surface area contributed by atoms with Crippen molar-refractivity contribution in [1.29, 1.82) is 0 Å². The van der Waals surface area contributed by atoms with Crippen molar-refractivity contribution in [3.8, 4) is 0 Å². The van der Waals surface area contributed by atoms with Gasteiger partial charge in [-0.2, -0.15) is 0 Å². The first-order valence-corrected chi connectivity index (χ1v) is 8.27. The highest BCUT2D eigenvalue weighted by atomic mass is 19.1. The van der Waals surface area contributed by atoms with Crippen molar-refractivity contribution in [2.45, 2.75) is 19.4 Å². The fraction of sp³-hybridized carbons (Fsp3) is 0.250. The number of carbonyl (C=O) groups is 1. The molecule has 3 nitrogen and oxygen atoms in total. The highest BCUT2D eigenvalue weighted by Gasteiger charge is 2.15. The Morgan fingerprint density at radius 1 is 1.08 bits per heavy atom. The number of para-hydroxylation sites is 1. The number of nitrogens with one attached hydrogen (secondary N) is 1. The summed E-state index contributed by atoms with van der Waals surface area (Å²) in [6.45, 7) is 2.66. The molecule has 1 amide bonds. The number of rotatable bonds is 5. The number of halogens is 1. The van der Waals surface area contributed by atoms with E-state index in [1.165, 1.54) is 36.7 Å². The molecule has 1 saturated heterocycles. The topological polar surface area (TPSA) is 32.3 Å². The monoisotopic (exact) mass is 324 g/mol. The molecule has 24 heavy (non-hydrogen) atoms. The molecule has 0 saturated carbocycles. The molecule has 0 bridgehead atoms. The molecule has 4 heteroatoms. The predicted octanol–water partition coefficient (Wildman–Crippen LogP) is 3.76. The molecule has 1 N–H and O–H groups in total. The van der Waals surface area contributed by atoms with E-state index in [-0.39, 0.29) is 11.7 Å². The highest BCUT2D eigenvalue weighted by molar-refractivity contribution is 5.91. The van der Waals surface area contributed by atoms with E-state index in [4.69, 9.17) is 0 Å². The summed E-state index contributed by atoms with van der Waals surface area (Å²) in [6.07, 6.45) is 5.61. The third-order valence-corrected chi connectivity index (χ3v) is 4.19. The fourth-order valence-corrected chi connectivity index (χ4v) is 2.91. The molecule has 0 radical (unpaired) electrons. The quantitative estimate of drug-likeness (QED) is 0.850. The summed E-state index contributed by atoms with van der Waals surface area (Å²) in [6, 6.07) is 14.2. The number of nitrogens with zero attached hydrogens (tertiary/aromatic N) is 1. The van der Waals surface area contributed by atoms with Crippen LogP contribution in [0.25, 0.3) is 6.08 Å². The maximum Gasteiger partial charge on any atom is 0.244 e. The lowest BCUT2D eigenvalue weighted by Gasteiger charge is -2.21. The number of hydrogen-bond acceptors (Lipinski definition) is 2. The molecular formula is C20H21FN2O. The second kappa shape index (κ2) is 7.77. The molecule has 0 unspecified atom stereocenters. The lowest BCUT2D eigenvalue weighted by atomic mass is 10.1. The first kappa shape index (κ1) is 16.2. The summed E-state index contributed by atoms with van der Waals surface area (Å²) >= 11 is 0. The van der Waals surface area contributed by atoms with Crippen molar-refractivity contribution in [3.63, 3.8) is 0 Å². The van der Waals surface area contributed by atoms with Gasteiger partial charge in [-0.3, -0.25) is 4.79 Å². The number of benzene rings is 2. The second-order valence-electron chi connectivity index (χ2n) is 5.93. The van der Waals surface area contributed by atoms with Crippen LogP contribution in [0, 0.1) is 5.82 Å². The van der Waals surface area contributed by atoms with Gasteiger partial charge in [0, 0.05) is 31.4 Å². The smallest absolute Gasteiger partial charge is 0.244 e. The number of carbonyl (C=O) groups excluding carboxylic acids is 1. The minimum atomic E-state index is -0.282. The first-order valence-electron chi connectivity index (χ1n) is 8.27. The van der Waals surface area contributed by atoms with Gasteiger partial charge in [0.1, 0.15) is 5.82 Å². The van der Waals surface area contributed by atoms with Crippen LogP contribution in [-0.2, 0) is 11.3 Å². The molecule has 3 rings (SSSR count). The Bertz CT molecular complexity index is 719. The Morgan fingerprint density at radius 2 is 1.79 bits per heavy atom. The summed E-state index contributed by atoms with van der Waals surface area (Å²) in [7, 11) is 0. The zero-order valence-electron chi connectivity index (χ0n) is 13.5. The molecule has 0 aromatic heterocycles. The summed E-state index contributed by atoms with van der Waals surface area (Å²) in [5.41, 5.74) is 3.13. The largest absolute Gasteiger partial charge is 0.371 e. The molecule has 2 aromatic rings. The van der Waals surface area contributed by atoms with E-state index in [1.54, 1.807) is 18.2 Å². The van der Waals surface area contributed by atoms with Gasteiger partial charge in [-0.1, -0.05) is 30.3 Å². The molecule has 1 heterocycles. The Kier molecular flexibility index (Phi) is 5.26. The molecule has 0 aliphatic carbocycles. The van der Waals surface area contributed by atoms with E-state index in [1.807, 2.05) is 12.1 Å². The zero-order valence-corrected chi connectivity index (χ0v) is 13.5. The van der Waals surface area contributed by atoms with Crippen molar-refractivity contribution in [2.24, 2.45) is 0 Å². The first-order chi connectivity index (χ1) is 11.7. The van der Waals surface area contributed by atoms with Crippen molar-refractivity contribution in [1.82, 2.24) is 5.32 Å². The van der Waals surface area contributed by atoms with Crippen LogP contribution in [-0.4, -0.2) is 19.0 Å². The minimum absolute atomic E-state index is 0.157. The minimum Gasteiger partial charge on any atom is -0.371 e. The highest BCUT2D eigenvalue weighted by Crippen LogP contribution is 2.24. The molecule has 0 atom stereocenters. The van der Waals surface area contributed by atoms with Crippen LogP contribution in [0.1, 0.15) is 24.0 Å². The number of amides is 1. The van der Waals surface area contributed by atoms with E-state index in [2.05, 4.69) is 22.3 Å². The fourth-order valence-electron chi connectivity index (χ4n) is 2.91. The zero-order chi connectivity index (χ0) is 16.8. The van der Waals surface area contributed by atoms with Crippen molar-refractivity contribution < 1.29 is 9.18 Å². The van der Waals surface area contributed by atoms with E-state index in [0.717, 1.165) is 24.2 Å². The van der Waals surface area contributed by atoms with Crippen LogP contribution in [0.5, 0.6) is 0 Å². The van der Waals surface area contributed by atoms with Gasteiger partial charge in [0.25, 0.3) is 0 Å². The number of anilines is 1. The summed E-state index contributed by atoms with van der Waals surface area (Å²) in [5, 5.41) is 2.92. The molecule has 124 valence electrons. The Morgan fingerprint density at radius 3 is 2.54 bits per heavy atom. The standard InChI is InChI=1S/C20H21FN2O/c21-18-10-7-16(8-11-18)9-12-20(24)22-15-17-5-1-2-6-19(17)23-13-3-4-14-23/h1-2,5-12H,3-4,13-15H2,(H,22,24)/b12-9-. The van der Waals surface area contributed by atoms with E-state index in [0.29, 0.717) is 6.54 Å². The van der Waals surface area contributed by atoms with E-state index < -0.39 is 0 Å². The summed E-state index contributed by atoms with van der Waals surface area (Å²) in [5.74, 6) is -0.439. The van der Waals surface area contributed by atoms with E-state index in [9.17, 15) is 9.18 Å². The van der Waals surface area contributed by atoms with Gasteiger partial charge in [-0.05, 0) is 48.2 Å². The maximum absolute atomic E-state index is 12.9. The third kappa shape index (κ3) is 4.22. The van der Waals surface area contributed by atoms with Gasteiger partial charge in [-0.15, -0.1) is 0 Å². The van der Waals surface area contributed by atoms with E-state index >= 15 is 0 Å². The summed E-state index contributed by atoms with van der Waals surface area (Å²) < 4.78 is 12.9. The molecule has 0 spiro atoms. The van der Waals surface area contributed by atoms with Crippen LogP contribution in [0.4, 0.5) is 10.1 Å². The third-order valence-electron chi connectivity index (χ3n) is 4.19. The van der Waals surface area contributed by atoms with Crippen LogP contribution < -0.4 is 10.2 Å². The molecular weight excluding hydrogens is 303 g/mol. The van der Waals surface area contributed by atoms with Crippen molar-refractivity contribution in [2.75, 3.05) is 18.0 Å². The van der Waals surface area contributed by atoms with Gasteiger partial charge >= 0.3 is 0 Å². The van der Waals surface area contributed by atoms with Crippen LogP contribution >= 0.6 is 0 Å². The second-order valence-corrected chi connectivity index (χ2v) is 5.93. The van der Waals surface area contributed by atoms with Gasteiger partial charge in [0.2, 0.25) is 5.91 Å². The predicted molar refractivity (Wildman–Crippen MR) is 95.2 cm³/mol. The lowest BCUT2D eigenvalue weighted by Crippen LogP contribution is -2.24. The van der Waals surface area contributed by atoms with Gasteiger partial charge in [0.05, 0.1) is 0 Å². The van der Waals surface area contributed by atoms with Crippen molar-refractivity contribution in [3.05, 3.63) is 71.6 Å². The summed E-state index contributed by atoms with van der Waals surface area (Å²) in [4.78, 5) is 14.4. The van der Waals surface area contributed by atoms with Crippen molar-refractivity contribution >= 4 is 17.7 Å². The number of hydrogen-bond donors (Lipinski definition) is 1. The SMILES string of the molecule is O=C(/C=C\c1ccc(F)cc1)NCc1ccccc1N1CCCC1. The molecule has 1 aliphatic rings. The van der Waals surface area contributed by atoms with Gasteiger partial charge in [-0.25, -0.2) is 4.39 Å². The van der Waals surface area contributed by atoms with Crippen LogP contribution in [0.2, 0.25) is 0 Å². The molecule has 2 aromatic carbocycles. The lowest BCUT2D eigenvalue weighted by molar-refractivity contribution is -0.116. The average molecular weight is 324 g/mol. The molecule has 1 aliphatic heterocycles. The van der Waals surface area contributed by atoms with Crippen LogP contribution in [0.15, 0.2) is 54.6 Å². The van der Waals surface area contributed by atoms with Crippen LogP contribution in [0.3, 0.4) is 0 Å². The Labute approximate surface area is 141 Å². The molecule has 1 fully saturated rings. The Hall–Kier alpha value is -2.62. The Balaban J connectivity index is 1.59. The normalized spacial score (nSPS) is 14.3. The van der Waals surface area contributed by atoms with Gasteiger partial charge < -0.3 is 10.2 Å². The maximum atomic E-state index is 12.9.